The molecule has 0 unspecified atom stereocenters. The lowest BCUT2D eigenvalue weighted by molar-refractivity contribution is -0.142. The molecule has 0 aromatic carbocycles. The zero-order valence-corrected chi connectivity index (χ0v) is 25.9. The van der Waals surface area contributed by atoms with Gasteiger partial charge < -0.3 is 16.4 Å². The molecule has 17 heteroatoms. The maximum Gasteiger partial charge on any atom is 0.408 e. The highest BCUT2D eigenvalue weighted by Gasteiger charge is 2.38. The predicted octanol–water partition coefficient (Wildman–Crippen LogP) is 4.15. The second-order valence-corrected chi connectivity index (χ2v) is 13.6. The van der Waals surface area contributed by atoms with Gasteiger partial charge in [-0.2, -0.15) is 27.5 Å². The molecule has 6 rings (SSSR count). The Labute approximate surface area is 268 Å². The van der Waals surface area contributed by atoms with Crippen molar-refractivity contribution in [2.24, 2.45) is 0 Å². The number of nitrogens with one attached hydrogen (secondary N) is 2. The summed E-state index contributed by atoms with van der Waals surface area (Å²) in [5.74, 6) is 6.83. The summed E-state index contributed by atoms with van der Waals surface area (Å²) in [6.07, 6.45) is 8.16. The first-order valence-electron chi connectivity index (χ1n) is 15.1. The van der Waals surface area contributed by atoms with Gasteiger partial charge in [0.05, 0.1) is 46.2 Å². The molecule has 2 saturated carbocycles. The number of rotatable bonds is 10. The molecule has 0 spiro atoms. The molecule has 0 aliphatic heterocycles. The number of nitrogens with two attached hydrogens (primary N) is 1. The van der Waals surface area contributed by atoms with Gasteiger partial charge in [-0.15, -0.1) is 0 Å². The lowest BCUT2D eigenvalue weighted by Crippen LogP contribution is -2.34. The number of nitrogen functional groups attached to an aromatic ring is 1. The fourth-order valence-corrected chi connectivity index (χ4v) is 7.08. The van der Waals surface area contributed by atoms with Crippen LogP contribution < -0.4 is 16.4 Å². The first kappa shape index (κ1) is 32.4. The molecule has 4 aromatic heterocycles. The van der Waals surface area contributed by atoms with Crippen molar-refractivity contribution in [1.29, 1.82) is 0 Å². The molecule has 4 N–H and O–H groups in total. The van der Waals surface area contributed by atoms with Crippen molar-refractivity contribution in [1.82, 2.24) is 39.2 Å². The van der Waals surface area contributed by atoms with Crippen LogP contribution in [0.4, 0.5) is 34.9 Å². The average molecular weight is 673 g/mol. The van der Waals surface area contributed by atoms with E-state index in [0.717, 1.165) is 40.0 Å². The van der Waals surface area contributed by atoms with Crippen molar-refractivity contribution < 1.29 is 26.0 Å². The topological polar surface area (TPSA) is 159 Å². The smallest absolute Gasteiger partial charge is 0.397 e. The summed E-state index contributed by atoms with van der Waals surface area (Å²) in [5.41, 5.74) is 8.92. The highest BCUT2D eigenvalue weighted by atomic mass is 32.2. The van der Waals surface area contributed by atoms with E-state index >= 15 is 0 Å². The monoisotopic (exact) mass is 672 g/mol. The number of hydrogen-bond donors (Lipinski definition) is 3. The number of anilines is 3. The SMILES string of the molecule is Nc1c(C#Cc2cnn(CC(F)(F)F)c2)cnc(Nc2ccnc(-c3cnn(S(=O)(=O)C4CC4)c3)n2)c1C1CCC(NCCF)CC1. The maximum atomic E-state index is 12.8. The van der Waals surface area contributed by atoms with Crippen LogP contribution in [0, 0.1) is 11.8 Å². The summed E-state index contributed by atoms with van der Waals surface area (Å²) in [4.78, 5) is 13.5. The molecular weight excluding hydrogens is 640 g/mol. The third-order valence-electron chi connectivity index (χ3n) is 8.06. The minimum Gasteiger partial charge on any atom is -0.397 e. The Balaban J connectivity index is 1.28. The van der Waals surface area contributed by atoms with Crippen LogP contribution in [0.5, 0.6) is 0 Å². The molecule has 0 radical (unpaired) electrons. The molecule has 2 aliphatic rings. The highest BCUT2D eigenvalue weighted by molar-refractivity contribution is 7.90. The predicted molar refractivity (Wildman–Crippen MR) is 166 cm³/mol. The van der Waals surface area contributed by atoms with Crippen molar-refractivity contribution in [3.8, 4) is 23.2 Å². The highest BCUT2D eigenvalue weighted by Crippen LogP contribution is 2.41. The molecule has 0 atom stereocenters. The van der Waals surface area contributed by atoms with E-state index < -0.39 is 34.7 Å². The van der Waals surface area contributed by atoms with Crippen molar-refractivity contribution in [2.75, 3.05) is 24.3 Å². The summed E-state index contributed by atoms with van der Waals surface area (Å²) in [6.45, 7) is -1.38. The van der Waals surface area contributed by atoms with E-state index in [-0.39, 0.29) is 24.3 Å². The number of aromatic nitrogens is 7. The zero-order chi connectivity index (χ0) is 33.2. The van der Waals surface area contributed by atoms with E-state index in [0.29, 0.717) is 46.9 Å². The van der Waals surface area contributed by atoms with Crippen LogP contribution in [0.2, 0.25) is 0 Å². The van der Waals surface area contributed by atoms with Crippen LogP contribution in [0.3, 0.4) is 0 Å². The van der Waals surface area contributed by atoms with Crippen LogP contribution in [-0.2, 0) is 16.6 Å². The van der Waals surface area contributed by atoms with Gasteiger partial charge in [-0.3, -0.25) is 4.68 Å². The lowest BCUT2D eigenvalue weighted by atomic mass is 9.80. The molecule has 47 heavy (non-hydrogen) atoms. The Morgan fingerprint density at radius 3 is 2.51 bits per heavy atom. The van der Waals surface area contributed by atoms with Gasteiger partial charge in [-0.05, 0) is 50.5 Å². The molecule has 12 nitrogen and oxygen atoms in total. The van der Waals surface area contributed by atoms with Crippen LogP contribution in [-0.4, -0.2) is 73.0 Å². The molecular formula is C30H32F4N10O2S. The summed E-state index contributed by atoms with van der Waals surface area (Å²) >= 11 is 0. The first-order chi connectivity index (χ1) is 22.5. The Morgan fingerprint density at radius 2 is 1.79 bits per heavy atom. The zero-order valence-electron chi connectivity index (χ0n) is 25.1. The Kier molecular flexibility index (Phi) is 9.15. The second-order valence-electron chi connectivity index (χ2n) is 11.6. The number of pyridine rings is 1. The maximum absolute atomic E-state index is 12.8. The average Bonchev–Trinajstić information content (AvgIpc) is 3.63. The van der Waals surface area contributed by atoms with Crippen molar-refractivity contribution in [2.45, 2.75) is 68.5 Å². The van der Waals surface area contributed by atoms with Gasteiger partial charge >= 0.3 is 6.18 Å². The fourth-order valence-electron chi connectivity index (χ4n) is 5.60. The normalized spacial score (nSPS) is 18.5. The van der Waals surface area contributed by atoms with Gasteiger partial charge in [-0.1, -0.05) is 11.8 Å². The minimum atomic E-state index is -4.41. The Morgan fingerprint density at radius 1 is 1.00 bits per heavy atom. The second kappa shape index (κ2) is 13.3. The quantitative estimate of drug-likeness (QED) is 0.165. The largest absolute Gasteiger partial charge is 0.408 e. The van der Waals surface area contributed by atoms with Crippen LogP contribution >= 0.6 is 0 Å². The van der Waals surface area contributed by atoms with Crippen molar-refractivity contribution >= 4 is 27.3 Å². The van der Waals surface area contributed by atoms with E-state index in [1.54, 1.807) is 6.07 Å². The molecule has 2 aliphatic carbocycles. The molecule has 0 saturated heterocycles. The summed E-state index contributed by atoms with van der Waals surface area (Å²) in [5, 5.41) is 13.8. The summed E-state index contributed by atoms with van der Waals surface area (Å²) in [7, 11) is -3.55. The number of halogens is 4. The number of hydrogen-bond acceptors (Lipinski definition) is 10. The molecule has 4 aromatic rings. The van der Waals surface area contributed by atoms with Gasteiger partial charge in [0.1, 0.15) is 24.9 Å². The lowest BCUT2D eigenvalue weighted by Gasteiger charge is -2.31. The van der Waals surface area contributed by atoms with Crippen LogP contribution in [0.15, 0.2) is 43.2 Å². The molecule has 2 fully saturated rings. The van der Waals surface area contributed by atoms with Gasteiger partial charge in [0.25, 0.3) is 10.0 Å². The molecule has 248 valence electrons. The third-order valence-corrected chi connectivity index (χ3v) is 10.1. The number of alkyl halides is 4. The van der Waals surface area contributed by atoms with E-state index in [1.165, 1.54) is 37.2 Å². The fraction of sp³-hybridized carbons (Fsp3) is 0.433. The minimum absolute atomic E-state index is 0.0168. The van der Waals surface area contributed by atoms with Crippen LogP contribution in [0.1, 0.15) is 61.1 Å². The van der Waals surface area contributed by atoms with Crippen molar-refractivity contribution in [3.63, 3.8) is 0 Å². The van der Waals surface area contributed by atoms with E-state index in [9.17, 15) is 26.0 Å². The molecule has 0 amide bonds. The van der Waals surface area contributed by atoms with Crippen LogP contribution in [0.25, 0.3) is 11.4 Å². The molecule has 4 heterocycles. The van der Waals surface area contributed by atoms with Gasteiger partial charge in [-0.25, -0.2) is 27.8 Å². The standard InChI is InChI=1S/C30H32F4N10O2S/c31-10-12-36-23-5-3-20(4-6-23)26-27(35)21(2-1-19-13-39-43(16-19)18-30(32,33)34)14-38-29(26)42-25-9-11-37-28(41-25)22-15-40-44(17-22)47(45,46)24-7-8-24/h9,11,13-17,20,23-24,36H,3-8,10,12,18H2,(H3,35,37,38,41,42). The van der Waals surface area contributed by atoms with E-state index in [2.05, 4.69) is 47.6 Å². The molecule has 0 bridgehead atoms. The Hall–Kier alpha value is -4.56. The first-order valence-corrected chi connectivity index (χ1v) is 16.6. The number of nitrogens with zero attached hydrogens (tertiary/aromatic N) is 7. The van der Waals surface area contributed by atoms with Gasteiger partial charge in [0.2, 0.25) is 0 Å². The van der Waals surface area contributed by atoms with E-state index in [4.69, 9.17) is 5.73 Å². The third kappa shape index (κ3) is 7.71. The van der Waals surface area contributed by atoms with Gasteiger partial charge in [0, 0.05) is 36.7 Å². The summed E-state index contributed by atoms with van der Waals surface area (Å²) in [6, 6.07) is 1.82. The van der Waals surface area contributed by atoms with Gasteiger partial charge in [0.15, 0.2) is 5.82 Å². The van der Waals surface area contributed by atoms with Crippen molar-refractivity contribution in [3.05, 3.63) is 59.9 Å². The summed E-state index contributed by atoms with van der Waals surface area (Å²) < 4.78 is 77.9. The Bertz CT molecular complexity index is 1900. The van der Waals surface area contributed by atoms with E-state index in [1.807, 2.05) is 0 Å².